The van der Waals surface area contributed by atoms with Gasteiger partial charge < -0.3 is 14.6 Å². The second kappa shape index (κ2) is 5.81. The molecule has 6 nitrogen and oxygen atoms in total. The molecule has 1 aliphatic carbocycles. The summed E-state index contributed by atoms with van der Waals surface area (Å²) in [5.41, 5.74) is 0.450. The second-order valence-electron chi connectivity index (χ2n) is 6.92. The molecule has 0 aromatic heterocycles. The van der Waals surface area contributed by atoms with Gasteiger partial charge in [-0.1, -0.05) is 25.0 Å². The van der Waals surface area contributed by atoms with Gasteiger partial charge in [0.15, 0.2) is 11.9 Å². The average Bonchev–Trinajstić information content (AvgIpc) is 2.88. The SMILES string of the molecule is CO[C@@H]1O[C@]2(c3ccc(C(=O)O)cc3)CC[C@H]3CCCC[C@]31OO2. The van der Waals surface area contributed by atoms with E-state index in [9.17, 15) is 4.79 Å². The Hall–Kier alpha value is -1.47. The van der Waals surface area contributed by atoms with Crippen molar-refractivity contribution < 1.29 is 29.1 Å². The van der Waals surface area contributed by atoms with Crippen molar-refractivity contribution in [2.24, 2.45) is 5.92 Å². The van der Waals surface area contributed by atoms with Crippen LogP contribution >= 0.6 is 0 Å². The Bertz CT molecular complexity index is 625. The Labute approximate surface area is 140 Å². The van der Waals surface area contributed by atoms with E-state index in [2.05, 4.69) is 0 Å². The van der Waals surface area contributed by atoms with E-state index in [1.807, 2.05) is 0 Å². The number of hydrogen-bond acceptors (Lipinski definition) is 5. The van der Waals surface area contributed by atoms with Crippen LogP contribution in [-0.4, -0.2) is 30.1 Å². The standard InChI is InChI=1S/C18H22O6/c1-21-16-17-10-3-2-4-13(17)9-11-18(22-16,24-23-17)14-7-5-12(6-8-14)15(19)20/h5-8,13,16H,2-4,9-11H2,1H3,(H,19,20)/t13-,16-,17+,18-/m1/s1. The molecule has 24 heavy (non-hydrogen) atoms. The van der Waals surface area contributed by atoms with Crippen LogP contribution in [0.3, 0.4) is 0 Å². The molecule has 130 valence electrons. The van der Waals surface area contributed by atoms with Crippen LogP contribution in [0.25, 0.3) is 0 Å². The summed E-state index contributed by atoms with van der Waals surface area (Å²) in [5, 5.41) is 9.07. The van der Waals surface area contributed by atoms with Crippen molar-refractivity contribution in [3.63, 3.8) is 0 Å². The molecule has 2 bridgehead atoms. The van der Waals surface area contributed by atoms with Crippen molar-refractivity contribution in [3.05, 3.63) is 35.4 Å². The summed E-state index contributed by atoms with van der Waals surface area (Å²) in [4.78, 5) is 22.8. The van der Waals surface area contributed by atoms with Crippen molar-refractivity contribution in [2.75, 3.05) is 7.11 Å². The molecule has 4 aliphatic rings. The van der Waals surface area contributed by atoms with Crippen molar-refractivity contribution in [1.29, 1.82) is 0 Å². The molecule has 1 N–H and O–H groups in total. The number of carbonyl (C=O) groups is 1. The third-order valence-electron chi connectivity index (χ3n) is 5.70. The van der Waals surface area contributed by atoms with Crippen molar-refractivity contribution in [2.45, 2.75) is 56.2 Å². The smallest absolute Gasteiger partial charge is 0.335 e. The molecule has 1 saturated carbocycles. The number of benzene rings is 1. The number of carboxylic acid groups (broad SMARTS) is 1. The lowest BCUT2D eigenvalue weighted by molar-refractivity contribution is -0.558. The highest BCUT2D eigenvalue weighted by atomic mass is 17.3. The quantitative estimate of drug-likeness (QED) is 0.856. The van der Waals surface area contributed by atoms with Gasteiger partial charge in [0.2, 0.25) is 5.79 Å². The molecule has 4 atom stereocenters. The second-order valence-corrected chi connectivity index (χ2v) is 6.92. The first-order valence-electron chi connectivity index (χ1n) is 8.51. The van der Waals surface area contributed by atoms with E-state index in [1.165, 1.54) is 6.42 Å². The first-order valence-corrected chi connectivity index (χ1v) is 8.51. The molecule has 1 spiro atoms. The number of fused-ring (bicyclic) bond motifs is 3. The van der Waals surface area contributed by atoms with Crippen LogP contribution in [0.15, 0.2) is 24.3 Å². The molecular weight excluding hydrogens is 312 g/mol. The van der Waals surface area contributed by atoms with Crippen LogP contribution in [0.5, 0.6) is 0 Å². The van der Waals surface area contributed by atoms with Crippen molar-refractivity contribution in [3.8, 4) is 0 Å². The number of rotatable bonds is 3. The number of aromatic carboxylic acids is 1. The maximum absolute atomic E-state index is 11.1. The first kappa shape index (κ1) is 16.0. The first-order chi connectivity index (χ1) is 11.6. The predicted octanol–water partition coefficient (Wildman–Crippen LogP) is 3.21. The zero-order valence-electron chi connectivity index (χ0n) is 13.7. The van der Waals surface area contributed by atoms with Crippen LogP contribution in [-0.2, 0) is 25.0 Å². The fraction of sp³-hybridized carbons (Fsp3) is 0.611. The highest BCUT2D eigenvalue weighted by molar-refractivity contribution is 5.87. The predicted molar refractivity (Wildman–Crippen MR) is 83.1 cm³/mol. The molecule has 0 amide bonds. The van der Waals surface area contributed by atoms with Gasteiger partial charge in [0.05, 0.1) is 5.56 Å². The van der Waals surface area contributed by atoms with E-state index >= 15 is 0 Å². The number of ether oxygens (including phenoxy) is 2. The molecule has 3 saturated heterocycles. The van der Waals surface area contributed by atoms with E-state index in [0.29, 0.717) is 12.3 Å². The van der Waals surface area contributed by atoms with Gasteiger partial charge in [0, 0.05) is 19.1 Å². The summed E-state index contributed by atoms with van der Waals surface area (Å²) in [6, 6.07) is 6.57. The van der Waals surface area contributed by atoms with E-state index in [1.54, 1.807) is 31.4 Å². The third kappa shape index (κ3) is 2.29. The normalized spacial score (nSPS) is 38.4. The summed E-state index contributed by atoms with van der Waals surface area (Å²) in [6.45, 7) is 0. The Balaban J connectivity index is 1.70. The highest BCUT2D eigenvalue weighted by Gasteiger charge is 2.61. The molecule has 0 unspecified atom stereocenters. The zero-order valence-corrected chi connectivity index (χ0v) is 13.7. The van der Waals surface area contributed by atoms with Crippen LogP contribution < -0.4 is 0 Å². The Morgan fingerprint density at radius 1 is 1.17 bits per heavy atom. The molecule has 6 heteroatoms. The molecule has 5 rings (SSSR count). The van der Waals surface area contributed by atoms with E-state index < -0.39 is 23.6 Å². The van der Waals surface area contributed by atoms with Gasteiger partial charge in [-0.25, -0.2) is 9.68 Å². The largest absolute Gasteiger partial charge is 0.478 e. The maximum atomic E-state index is 11.1. The van der Waals surface area contributed by atoms with Gasteiger partial charge in [-0.2, -0.15) is 4.89 Å². The third-order valence-corrected chi connectivity index (χ3v) is 5.70. The summed E-state index contributed by atoms with van der Waals surface area (Å²) < 4.78 is 11.9. The molecule has 3 heterocycles. The molecule has 0 radical (unpaired) electrons. The fourth-order valence-electron chi connectivity index (χ4n) is 4.37. The van der Waals surface area contributed by atoms with Crippen molar-refractivity contribution in [1.82, 2.24) is 0 Å². The minimum Gasteiger partial charge on any atom is -0.478 e. The molecule has 1 aromatic rings. The Kier molecular flexibility index (Phi) is 3.88. The lowest BCUT2D eigenvalue weighted by atomic mass is 9.73. The summed E-state index contributed by atoms with van der Waals surface area (Å²) in [5.74, 6) is -1.65. The van der Waals surface area contributed by atoms with Crippen molar-refractivity contribution >= 4 is 5.97 Å². The number of methoxy groups -OCH3 is 1. The Morgan fingerprint density at radius 3 is 2.67 bits per heavy atom. The topological polar surface area (TPSA) is 74.2 Å². The minimum atomic E-state index is -1.04. The maximum Gasteiger partial charge on any atom is 0.335 e. The van der Waals surface area contributed by atoms with Crippen LogP contribution in [0, 0.1) is 5.92 Å². The minimum absolute atomic E-state index is 0.230. The molecule has 1 aromatic carbocycles. The lowest BCUT2D eigenvalue weighted by Gasteiger charge is -2.49. The lowest BCUT2D eigenvalue weighted by Crippen LogP contribution is -2.59. The summed E-state index contributed by atoms with van der Waals surface area (Å²) in [6.07, 6.45) is 5.31. The molecule has 3 aliphatic heterocycles. The van der Waals surface area contributed by atoms with Gasteiger partial charge in [-0.05, 0) is 37.3 Å². The Morgan fingerprint density at radius 2 is 1.96 bits per heavy atom. The van der Waals surface area contributed by atoms with Gasteiger partial charge in [0.1, 0.15) is 0 Å². The summed E-state index contributed by atoms with van der Waals surface area (Å²) >= 11 is 0. The van der Waals surface area contributed by atoms with Gasteiger partial charge in [-0.15, -0.1) is 0 Å². The number of hydrogen-bond donors (Lipinski definition) is 1. The van der Waals surface area contributed by atoms with Crippen LogP contribution in [0.1, 0.15) is 54.4 Å². The van der Waals surface area contributed by atoms with Gasteiger partial charge in [0.25, 0.3) is 0 Å². The average molecular weight is 334 g/mol. The van der Waals surface area contributed by atoms with Gasteiger partial charge in [-0.3, -0.25) is 0 Å². The fourth-order valence-corrected chi connectivity index (χ4v) is 4.37. The summed E-state index contributed by atoms with van der Waals surface area (Å²) in [7, 11) is 1.64. The van der Waals surface area contributed by atoms with Gasteiger partial charge >= 0.3 is 5.97 Å². The van der Waals surface area contributed by atoms with E-state index in [-0.39, 0.29) is 5.56 Å². The van der Waals surface area contributed by atoms with E-state index in [4.69, 9.17) is 24.4 Å². The molecule has 4 fully saturated rings. The van der Waals surface area contributed by atoms with Crippen LogP contribution in [0.4, 0.5) is 0 Å². The molecular formula is C18H22O6. The number of carboxylic acids is 1. The highest BCUT2D eigenvalue weighted by Crippen LogP contribution is 2.55. The van der Waals surface area contributed by atoms with Crippen LogP contribution in [0.2, 0.25) is 0 Å². The van der Waals surface area contributed by atoms with E-state index in [0.717, 1.165) is 31.2 Å². The zero-order chi connectivity index (χ0) is 16.8. The monoisotopic (exact) mass is 334 g/mol.